The number of pyridine rings is 1. The molecule has 0 atom stereocenters. The van der Waals surface area contributed by atoms with Crippen LogP contribution >= 0.6 is 0 Å². The molecule has 0 spiro atoms. The number of amides is 1. The molecule has 33 heavy (non-hydrogen) atoms. The molecule has 0 N–H and O–H groups in total. The maximum absolute atomic E-state index is 14.5. The van der Waals surface area contributed by atoms with Crippen molar-refractivity contribution in [1.29, 1.82) is 0 Å². The molecule has 6 heteroatoms. The first kappa shape index (κ1) is 22.1. The smallest absolute Gasteiger partial charge is 0.261 e. The number of para-hydroxylation sites is 1. The standard InChI is InChI=1S/C27H23F2N3O/c1-2-31(22-8-4-3-5-9-22)26-18-23(16-17-30-26)32(19-20-12-14-21(28)15-13-20)27(33)24-10-6-7-11-25(24)29/h3-18H,2,19H2,1H3. The number of carbonyl (C=O) groups excluding carboxylic acids is 1. The Morgan fingerprint density at radius 2 is 1.55 bits per heavy atom. The van der Waals surface area contributed by atoms with Gasteiger partial charge in [-0.25, -0.2) is 13.8 Å². The van der Waals surface area contributed by atoms with E-state index < -0.39 is 11.7 Å². The molecule has 1 amide bonds. The van der Waals surface area contributed by atoms with Crippen molar-refractivity contribution in [3.05, 3.63) is 120 Å². The van der Waals surface area contributed by atoms with Crippen molar-refractivity contribution < 1.29 is 13.6 Å². The largest absolute Gasteiger partial charge is 0.327 e. The maximum atomic E-state index is 14.5. The van der Waals surface area contributed by atoms with E-state index in [0.29, 0.717) is 18.1 Å². The minimum Gasteiger partial charge on any atom is -0.327 e. The number of rotatable bonds is 7. The Labute approximate surface area is 191 Å². The molecule has 166 valence electrons. The first-order valence-corrected chi connectivity index (χ1v) is 10.7. The molecular formula is C27H23F2N3O. The van der Waals surface area contributed by atoms with Crippen LogP contribution in [-0.2, 0) is 6.54 Å². The Morgan fingerprint density at radius 3 is 2.24 bits per heavy atom. The quantitative estimate of drug-likeness (QED) is 0.333. The average Bonchev–Trinajstić information content (AvgIpc) is 2.85. The fraction of sp³-hybridized carbons (Fsp3) is 0.111. The van der Waals surface area contributed by atoms with E-state index in [4.69, 9.17) is 0 Å². The zero-order valence-corrected chi connectivity index (χ0v) is 18.2. The lowest BCUT2D eigenvalue weighted by molar-refractivity contribution is 0.0981. The molecule has 0 unspecified atom stereocenters. The molecule has 4 nitrogen and oxygen atoms in total. The van der Waals surface area contributed by atoms with Gasteiger partial charge < -0.3 is 9.80 Å². The second-order valence-corrected chi connectivity index (χ2v) is 7.45. The second kappa shape index (κ2) is 10.0. The number of nitrogens with zero attached hydrogens (tertiary/aromatic N) is 3. The third-order valence-electron chi connectivity index (χ3n) is 5.30. The van der Waals surface area contributed by atoms with E-state index in [0.717, 1.165) is 11.3 Å². The van der Waals surface area contributed by atoms with Gasteiger partial charge in [0.25, 0.3) is 5.91 Å². The van der Waals surface area contributed by atoms with Crippen LogP contribution in [0.15, 0.2) is 97.2 Å². The molecule has 0 radical (unpaired) electrons. The van der Waals surface area contributed by atoms with E-state index in [9.17, 15) is 13.6 Å². The van der Waals surface area contributed by atoms with Gasteiger partial charge in [-0.1, -0.05) is 42.5 Å². The van der Waals surface area contributed by atoms with Crippen molar-refractivity contribution in [3.8, 4) is 0 Å². The van der Waals surface area contributed by atoms with Gasteiger partial charge in [0.15, 0.2) is 0 Å². The number of hydrogen-bond donors (Lipinski definition) is 0. The van der Waals surface area contributed by atoms with Crippen LogP contribution in [0.1, 0.15) is 22.8 Å². The zero-order chi connectivity index (χ0) is 23.2. The van der Waals surface area contributed by atoms with Crippen molar-refractivity contribution in [3.63, 3.8) is 0 Å². The Morgan fingerprint density at radius 1 is 0.848 bits per heavy atom. The molecule has 4 aromatic rings. The molecule has 3 aromatic carbocycles. The number of benzene rings is 3. The highest BCUT2D eigenvalue weighted by molar-refractivity contribution is 6.06. The van der Waals surface area contributed by atoms with Crippen molar-refractivity contribution in [2.75, 3.05) is 16.3 Å². The molecule has 0 fully saturated rings. The number of hydrogen-bond acceptors (Lipinski definition) is 3. The summed E-state index contributed by atoms with van der Waals surface area (Å²) in [5.74, 6) is -0.789. The minimum atomic E-state index is -0.597. The summed E-state index contributed by atoms with van der Waals surface area (Å²) >= 11 is 0. The van der Waals surface area contributed by atoms with E-state index in [1.165, 1.54) is 29.2 Å². The molecule has 0 saturated heterocycles. The van der Waals surface area contributed by atoms with Gasteiger partial charge in [-0.3, -0.25) is 4.79 Å². The minimum absolute atomic E-state index is 0.0339. The maximum Gasteiger partial charge on any atom is 0.261 e. The molecule has 0 aliphatic rings. The summed E-state index contributed by atoms with van der Waals surface area (Å²) in [6.07, 6.45) is 1.63. The van der Waals surface area contributed by atoms with Crippen molar-refractivity contribution in [2.24, 2.45) is 0 Å². The summed E-state index contributed by atoms with van der Waals surface area (Å²) in [6.45, 7) is 2.83. The number of aromatic nitrogens is 1. The molecule has 0 saturated carbocycles. The lowest BCUT2D eigenvalue weighted by Gasteiger charge is -2.26. The van der Waals surface area contributed by atoms with Gasteiger partial charge in [0.05, 0.1) is 12.1 Å². The number of halogens is 2. The molecule has 4 rings (SSSR count). The monoisotopic (exact) mass is 443 g/mol. The highest BCUT2D eigenvalue weighted by Gasteiger charge is 2.22. The van der Waals surface area contributed by atoms with Crippen molar-refractivity contribution in [1.82, 2.24) is 4.98 Å². The van der Waals surface area contributed by atoms with Crippen LogP contribution in [0, 0.1) is 11.6 Å². The lowest BCUT2D eigenvalue weighted by Crippen LogP contribution is -2.31. The summed E-state index contributed by atoms with van der Waals surface area (Å²) in [5.41, 5.74) is 2.21. The summed E-state index contributed by atoms with van der Waals surface area (Å²) < 4.78 is 27.9. The Bertz CT molecular complexity index is 1230. The van der Waals surface area contributed by atoms with Crippen LogP contribution in [-0.4, -0.2) is 17.4 Å². The summed E-state index contributed by atoms with van der Waals surface area (Å²) in [7, 11) is 0. The molecular weight excluding hydrogens is 420 g/mol. The Hall–Kier alpha value is -4.06. The third kappa shape index (κ3) is 5.06. The van der Waals surface area contributed by atoms with Crippen LogP contribution in [0.4, 0.5) is 26.0 Å². The van der Waals surface area contributed by atoms with Gasteiger partial charge in [-0.2, -0.15) is 0 Å². The van der Waals surface area contributed by atoms with Gasteiger partial charge >= 0.3 is 0 Å². The van der Waals surface area contributed by atoms with Crippen LogP contribution in [0.3, 0.4) is 0 Å². The first-order valence-electron chi connectivity index (χ1n) is 10.7. The second-order valence-electron chi connectivity index (χ2n) is 7.45. The Balaban J connectivity index is 1.75. The van der Waals surface area contributed by atoms with Gasteiger partial charge in [0.1, 0.15) is 17.5 Å². The van der Waals surface area contributed by atoms with Crippen LogP contribution < -0.4 is 9.80 Å². The fourth-order valence-corrected chi connectivity index (χ4v) is 3.64. The topological polar surface area (TPSA) is 36.4 Å². The summed E-state index contributed by atoms with van der Waals surface area (Å²) in [4.78, 5) is 21.4. The van der Waals surface area contributed by atoms with Gasteiger partial charge in [0, 0.05) is 30.2 Å². The predicted octanol–water partition coefficient (Wildman–Crippen LogP) is 6.36. The highest BCUT2D eigenvalue weighted by atomic mass is 19.1. The molecule has 1 heterocycles. The number of anilines is 3. The van der Waals surface area contributed by atoms with E-state index in [2.05, 4.69) is 4.98 Å². The van der Waals surface area contributed by atoms with Crippen molar-refractivity contribution in [2.45, 2.75) is 13.5 Å². The van der Waals surface area contributed by atoms with E-state index in [-0.39, 0.29) is 17.9 Å². The summed E-state index contributed by atoms with van der Waals surface area (Å²) in [6, 6.07) is 25.1. The average molecular weight is 443 g/mol. The Kier molecular flexibility index (Phi) is 6.74. The molecule has 0 bridgehead atoms. The van der Waals surface area contributed by atoms with E-state index >= 15 is 0 Å². The SMILES string of the molecule is CCN(c1ccccc1)c1cc(N(Cc2ccc(F)cc2)C(=O)c2ccccc2F)ccn1. The van der Waals surface area contributed by atoms with Crippen LogP contribution in [0.25, 0.3) is 0 Å². The van der Waals surface area contributed by atoms with Gasteiger partial charge in [-0.15, -0.1) is 0 Å². The van der Waals surface area contributed by atoms with E-state index in [1.54, 1.807) is 42.6 Å². The predicted molar refractivity (Wildman–Crippen MR) is 127 cm³/mol. The number of carbonyl (C=O) groups is 1. The van der Waals surface area contributed by atoms with Gasteiger partial charge in [-0.05, 0) is 55.0 Å². The van der Waals surface area contributed by atoms with Crippen LogP contribution in [0.5, 0.6) is 0 Å². The highest BCUT2D eigenvalue weighted by Crippen LogP contribution is 2.28. The molecule has 0 aliphatic carbocycles. The summed E-state index contributed by atoms with van der Waals surface area (Å²) in [5, 5.41) is 0. The zero-order valence-electron chi connectivity index (χ0n) is 18.2. The third-order valence-corrected chi connectivity index (χ3v) is 5.30. The van der Waals surface area contributed by atoms with E-state index in [1.807, 2.05) is 42.2 Å². The van der Waals surface area contributed by atoms with Crippen LogP contribution in [0.2, 0.25) is 0 Å². The normalized spacial score (nSPS) is 10.6. The fourth-order valence-electron chi connectivity index (χ4n) is 3.64. The molecule has 1 aromatic heterocycles. The lowest BCUT2D eigenvalue weighted by atomic mass is 10.1. The van der Waals surface area contributed by atoms with Gasteiger partial charge in [0.2, 0.25) is 0 Å². The van der Waals surface area contributed by atoms with Crippen molar-refractivity contribution >= 4 is 23.1 Å². The first-order chi connectivity index (χ1) is 16.1. The molecule has 0 aliphatic heterocycles.